The van der Waals surface area contributed by atoms with Gasteiger partial charge < -0.3 is 39.5 Å². The maximum Gasteiger partial charge on any atom is 0.337 e. The number of aliphatic hydroxyl groups is 1. The number of nitrogens with zero attached hydrogens (tertiary/aromatic N) is 2. The van der Waals surface area contributed by atoms with Gasteiger partial charge >= 0.3 is 17.9 Å². The molecule has 0 radical (unpaired) electrons. The Morgan fingerprint density at radius 2 is 1.32 bits per heavy atom. The third kappa shape index (κ3) is 21.0. The molecule has 3 atom stereocenters. The number of carbonyl (C=O) groups is 7. The van der Waals surface area contributed by atoms with Gasteiger partial charge in [-0.3, -0.25) is 24.0 Å². The molecule has 0 aliphatic carbocycles. The Morgan fingerprint density at radius 3 is 1.85 bits per heavy atom. The molecule has 0 bridgehead atoms. The van der Waals surface area contributed by atoms with E-state index in [4.69, 9.17) is 14.2 Å². The summed E-state index contributed by atoms with van der Waals surface area (Å²) in [5, 5.41) is 24.6. The molecule has 346 valence electrons. The Morgan fingerprint density at radius 1 is 0.774 bits per heavy atom. The number of hydrogen-bond acceptors (Lipinski definition) is 11. The molecule has 0 spiro atoms. The van der Waals surface area contributed by atoms with Crippen molar-refractivity contribution in [1.82, 2.24) is 15.1 Å². The highest BCUT2D eigenvalue weighted by molar-refractivity contribution is 5.95. The van der Waals surface area contributed by atoms with Crippen molar-refractivity contribution >= 4 is 41.4 Å². The first-order valence-electron chi connectivity index (χ1n) is 22.1. The van der Waals surface area contributed by atoms with Crippen molar-refractivity contribution < 1.29 is 58.0 Å². The van der Waals surface area contributed by atoms with Gasteiger partial charge in [-0.1, -0.05) is 75.7 Å². The second kappa shape index (κ2) is 31.6. The smallest absolute Gasteiger partial charge is 0.337 e. The molecule has 15 nitrogen and oxygen atoms in total. The molecule has 1 aromatic rings. The normalized spacial score (nSPS) is 12.8. The van der Waals surface area contributed by atoms with Gasteiger partial charge in [-0.25, -0.2) is 9.59 Å². The van der Waals surface area contributed by atoms with E-state index in [1.165, 1.54) is 28.4 Å². The molecule has 3 N–H and O–H groups in total. The fourth-order valence-electron chi connectivity index (χ4n) is 6.59. The summed E-state index contributed by atoms with van der Waals surface area (Å²) >= 11 is 0. The van der Waals surface area contributed by atoms with Gasteiger partial charge in [-0.2, -0.15) is 0 Å². The summed E-state index contributed by atoms with van der Waals surface area (Å²) in [4.78, 5) is 94.0. The Kier molecular flexibility index (Phi) is 27.9. The molecule has 0 aliphatic rings. The first-order chi connectivity index (χ1) is 29.7. The second-order valence-corrected chi connectivity index (χ2v) is 15.0. The van der Waals surface area contributed by atoms with Crippen molar-refractivity contribution in [1.29, 1.82) is 0 Å². The largest absolute Gasteiger partial charge is 0.481 e. The van der Waals surface area contributed by atoms with Crippen LogP contribution in [0.25, 0.3) is 0 Å². The van der Waals surface area contributed by atoms with Crippen molar-refractivity contribution in [3.8, 4) is 17.6 Å². The summed E-state index contributed by atoms with van der Waals surface area (Å²) in [6, 6.07) is 5.09. The summed E-state index contributed by atoms with van der Waals surface area (Å²) in [7, 11) is 0. The van der Waals surface area contributed by atoms with E-state index in [2.05, 4.69) is 24.1 Å². The average Bonchev–Trinajstić information content (AvgIpc) is 3.25. The number of amides is 3. The zero-order valence-electron chi connectivity index (χ0n) is 37.8. The molecule has 1 rings (SSSR count). The van der Waals surface area contributed by atoms with Crippen LogP contribution in [0.5, 0.6) is 5.75 Å². The van der Waals surface area contributed by atoms with Gasteiger partial charge in [-0.15, -0.1) is 5.92 Å². The van der Waals surface area contributed by atoms with Gasteiger partial charge in [-0.05, 0) is 78.0 Å². The van der Waals surface area contributed by atoms with Crippen molar-refractivity contribution in [2.24, 2.45) is 5.92 Å². The SMILES string of the molecule is CC#CCOc1ccc(C[C@H](NC(=O)[C@@H](C=CCCCCCCC(=O)CCCCCCC)[C@@](O)(CC(=O)OCC(=O)N(CC)CC)C(=O)O)C(=O)OCC(=O)N(CC)CC)cc1. The molecule has 3 amide bonds. The number of aliphatic carboxylic acids is 1. The van der Waals surface area contributed by atoms with E-state index in [9.17, 15) is 43.8 Å². The number of carboxylic acid groups (broad SMARTS) is 1. The minimum Gasteiger partial charge on any atom is -0.481 e. The monoisotopic (exact) mass is 870 g/mol. The number of esters is 2. The van der Waals surface area contributed by atoms with E-state index < -0.39 is 72.8 Å². The topological polar surface area (TPSA) is 206 Å². The summed E-state index contributed by atoms with van der Waals surface area (Å²) in [5.41, 5.74) is -2.55. The minimum absolute atomic E-state index is 0.156. The lowest BCUT2D eigenvalue weighted by Gasteiger charge is -2.30. The van der Waals surface area contributed by atoms with Gasteiger partial charge in [0.2, 0.25) is 5.91 Å². The van der Waals surface area contributed by atoms with Crippen LogP contribution in [-0.2, 0) is 49.5 Å². The molecule has 15 heteroatoms. The molecule has 0 unspecified atom stereocenters. The first-order valence-corrected chi connectivity index (χ1v) is 22.1. The van der Waals surface area contributed by atoms with E-state index >= 15 is 0 Å². The van der Waals surface area contributed by atoms with E-state index in [0.29, 0.717) is 63.2 Å². The Labute approximate surface area is 368 Å². The zero-order valence-corrected chi connectivity index (χ0v) is 37.8. The quantitative estimate of drug-likeness (QED) is 0.0342. The highest BCUT2D eigenvalue weighted by Gasteiger charge is 2.49. The summed E-state index contributed by atoms with van der Waals surface area (Å²) in [6.45, 7) is 11.1. The Hall–Kier alpha value is -5.23. The molecule has 62 heavy (non-hydrogen) atoms. The number of unbranched alkanes of at least 4 members (excludes halogenated alkanes) is 8. The Bertz CT molecular complexity index is 1640. The molecule has 0 aromatic heterocycles. The fourth-order valence-corrected chi connectivity index (χ4v) is 6.59. The summed E-state index contributed by atoms with van der Waals surface area (Å²) < 4.78 is 16.0. The number of benzene rings is 1. The van der Waals surface area contributed by atoms with Crippen molar-refractivity contribution in [3.05, 3.63) is 42.0 Å². The lowest BCUT2D eigenvalue weighted by atomic mass is 9.82. The number of nitrogens with one attached hydrogen (secondary N) is 1. The van der Waals surface area contributed by atoms with Gasteiger partial charge in [0.15, 0.2) is 18.8 Å². The Balaban J connectivity index is 3.36. The number of hydrogen-bond donors (Lipinski definition) is 3. The van der Waals surface area contributed by atoms with E-state index in [1.54, 1.807) is 58.9 Å². The molecular formula is C47H71N3O12. The summed E-state index contributed by atoms with van der Waals surface area (Å²) in [5.74, 6) is -1.95. The van der Waals surface area contributed by atoms with Crippen LogP contribution < -0.4 is 10.1 Å². The van der Waals surface area contributed by atoms with Crippen LogP contribution in [0.1, 0.15) is 131 Å². The highest BCUT2D eigenvalue weighted by Crippen LogP contribution is 2.27. The van der Waals surface area contributed by atoms with Crippen LogP contribution >= 0.6 is 0 Å². The molecule has 0 saturated carbocycles. The van der Waals surface area contributed by atoms with Crippen LogP contribution in [-0.4, -0.2) is 119 Å². The van der Waals surface area contributed by atoms with E-state index in [1.807, 2.05) is 0 Å². The standard InChI is InChI=1S/C47H71N3O12/c1-7-13-15-18-21-24-37(51)25-22-19-16-17-20-23-26-39(47(59,46(57)58)33-43(54)61-34-41(52)49(9-3)10-4)44(55)48-40(45(56)62-35-42(53)50(11-5)12-6)32-36-27-29-38(30-28-36)60-31-14-8-2/h23,26-30,39-40,59H,7,9-13,15-22,24-25,31-35H2,1-6H3,(H,48,55)(H,57,58)/t39-,40+,47+/m1/s1. The average molecular weight is 870 g/mol. The van der Waals surface area contributed by atoms with E-state index in [0.717, 1.165) is 44.9 Å². The predicted molar refractivity (Wildman–Crippen MR) is 235 cm³/mol. The summed E-state index contributed by atoms with van der Waals surface area (Å²) in [6.07, 6.45) is 11.1. The van der Waals surface area contributed by atoms with Crippen LogP contribution in [0, 0.1) is 17.8 Å². The fraction of sp³-hybridized carbons (Fsp3) is 0.638. The van der Waals surface area contributed by atoms with Crippen molar-refractivity contribution in [2.75, 3.05) is 46.0 Å². The maximum absolute atomic E-state index is 14.2. The third-order valence-electron chi connectivity index (χ3n) is 10.4. The predicted octanol–water partition coefficient (Wildman–Crippen LogP) is 5.59. The number of allylic oxidation sites excluding steroid dienone is 1. The number of ether oxygens (including phenoxy) is 3. The highest BCUT2D eigenvalue weighted by atomic mass is 16.5. The van der Waals surface area contributed by atoms with Crippen molar-refractivity contribution in [3.63, 3.8) is 0 Å². The number of carboxylic acids is 1. The van der Waals surface area contributed by atoms with E-state index in [-0.39, 0.29) is 18.8 Å². The molecule has 0 heterocycles. The number of carbonyl (C=O) groups excluding carboxylic acids is 6. The molecule has 1 aromatic carbocycles. The van der Waals surface area contributed by atoms with Crippen molar-refractivity contribution in [2.45, 2.75) is 143 Å². The lowest BCUT2D eigenvalue weighted by Crippen LogP contribution is -2.56. The third-order valence-corrected chi connectivity index (χ3v) is 10.4. The number of ketones is 1. The van der Waals surface area contributed by atoms with Crippen LogP contribution in [0.3, 0.4) is 0 Å². The van der Waals surface area contributed by atoms with Crippen LogP contribution in [0.15, 0.2) is 36.4 Å². The number of likely N-dealkylation sites (N-methyl/N-ethyl adjacent to an activating group) is 2. The second-order valence-electron chi connectivity index (χ2n) is 15.0. The number of Topliss-reactive ketones (excluding diaryl/α,β-unsaturated/α-hetero) is 1. The lowest BCUT2D eigenvalue weighted by molar-refractivity contribution is -0.175. The molecule has 0 aliphatic heterocycles. The van der Waals surface area contributed by atoms with Crippen LogP contribution in [0.2, 0.25) is 0 Å². The van der Waals surface area contributed by atoms with Crippen LogP contribution in [0.4, 0.5) is 0 Å². The zero-order chi connectivity index (χ0) is 46.3. The van der Waals surface area contributed by atoms with Gasteiger partial charge in [0.05, 0.1) is 12.3 Å². The first kappa shape index (κ1) is 54.8. The molecular weight excluding hydrogens is 799 g/mol. The number of rotatable bonds is 33. The maximum atomic E-state index is 14.2. The van der Waals surface area contributed by atoms with Gasteiger partial charge in [0, 0.05) is 45.4 Å². The molecule has 0 fully saturated rings. The molecule has 0 saturated heterocycles. The minimum atomic E-state index is -3.08. The van der Waals surface area contributed by atoms with Gasteiger partial charge in [0.1, 0.15) is 24.2 Å². The van der Waals surface area contributed by atoms with Gasteiger partial charge in [0.25, 0.3) is 11.8 Å².